The summed E-state index contributed by atoms with van der Waals surface area (Å²) in [6.07, 6.45) is 3.33. The second-order valence-electron chi connectivity index (χ2n) is 3.33. The number of carbonyl (C=O) groups is 1. The number of nitrogens with two attached hydrogens (primary N) is 1. The molecule has 1 aromatic rings. The number of nitrogens with zero attached hydrogens (tertiary/aromatic N) is 1. The van der Waals surface area contributed by atoms with E-state index in [0.717, 1.165) is 6.42 Å². The summed E-state index contributed by atoms with van der Waals surface area (Å²) in [5.41, 5.74) is 4.99. The van der Waals surface area contributed by atoms with E-state index in [2.05, 4.69) is 26.2 Å². The minimum Gasteiger partial charge on any atom is -0.370 e. The van der Waals surface area contributed by atoms with Crippen molar-refractivity contribution in [2.75, 3.05) is 11.9 Å². The molecule has 16 heavy (non-hydrogen) atoms. The molecule has 6 heteroatoms. The molecule has 1 heterocycles. The van der Waals surface area contributed by atoms with Gasteiger partial charge in [-0.3, -0.25) is 4.79 Å². The number of hydrogen-bond donors (Lipinski definition) is 2. The van der Waals surface area contributed by atoms with Crippen LogP contribution in [0.4, 0.5) is 10.2 Å². The van der Waals surface area contributed by atoms with Crippen LogP contribution in [-0.4, -0.2) is 17.4 Å². The second-order valence-corrected chi connectivity index (χ2v) is 4.25. The van der Waals surface area contributed by atoms with Gasteiger partial charge in [-0.05, 0) is 34.8 Å². The van der Waals surface area contributed by atoms with Crippen molar-refractivity contribution in [3.05, 3.63) is 22.6 Å². The molecule has 0 saturated carbocycles. The van der Waals surface area contributed by atoms with Crippen LogP contribution in [0.1, 0.15) is 19.3 Å². The maximum absolute atomic E-state index is 13.3. The van der Waals surface area contributed by atoms with Crippen LogP contribution in [0.3, 0.4) is 0 Å². The Morgan fingerprint density at radius 2 is 2.31 bits per heavy atom. The summed E-state index contributed by atoms with van der Waals surface area (Å²) >= 11 is 3.12. The topological polar surface area (TPSA) is 68.0 Å². The molecule has 1 aromatic heterocycles. The summed E-state index contributed by atoms with van der Waals surface area (Å²) in [7, 11) is 0. The van der Waals surface area contributed by atoms with Crippen molar-refractivity contribution in [2.24, 2.45) is 5.73 Å². The molecule has 0 aliphatic carbocycles. The number of halogens is 2. The minimum atomic E-state index is -0.399. The largest absolute Gasteiger partial charge is 0.370 e. The molecule has 88 valence electrons. The summed E-state index contributed by atoms with van der Waals surface area (Å²) < 4.78 is 13.9. The first-order valence-corrected chi connectivity index (χ1v) is 5.72. The standard InChI is InChI=1S/C10H13BrFN3O/c11-7-5-8(12)10(15-6-7)14-4-2-1-3-9(13)16/h5-6H,1-4H2,(H2,13,16)(H,14,15). The quantitative estimate of drug-likeness (QED) is 0.788. The highest BCUT2D eigenvalue weighted by molar-refractivity contribution is 9.10. The number of pyridine rings is 1. The van der Waals surface area contributed by atoms with Crippen LogP contribution in [0.25, 0.3) is 0 Å². The summed E-state index contributed by atoms with van der Waals surface area (Å²) in [4.78, 5) is 14.3. The molecule has 0 aliphatic rings. The maximum atomic E-state index is 13.3. The van der Waals surface area contributed by atoms with Crippen LogP contribution in [0, 0.1) is 5.82 Å². The molecule has 0 spiro atoms. The van der Waals surface area contributed by atoms with Gasteiger partial charge in [-0.15, -0.1) is 0 Å². The van der Waals surface area contributed by atoms with E-state index in [1.165, 1.54) is 12.3 Å². The number of nitrogens with one attached hydrogen (secondary N) is 1. The highest BCUT2D eigenvalue weighted by Gasteiger charge is 2.03. The summed E-state index contributed by atoms with van der Waals surface area (Å²) in [6, 6.07) is 1.35. The van der Waals surface area contributed by atoms with Gasteiger partial charge in [0.1, 0.15) is 0 Å². The first-order chi connectivity index (χ1) is 7.59. The number of primary amides is 1. The van der Waals surface area contributed by atoms with Gasteiger partial charge in [0, 0.05) is 23.6 Å². The summed E-state index contributed by atoms with van der Waals surface area (Å²) in [6.45, 7) is 0.568. The Balaban J connectivity index is 2.29. The van der Waals surface area contributed by atoms with E-state index >= 15 is 0 Å². The zero-order valence-electron chi connectivity index (χ0n) is 8.67. The number of amides is 1. The lowest BCUT2D eigenvalue weighted by molar-refractivity contribution is -0.118. The zero-order valence-corrected chi connectivity index (χ0v) is 10.3. The Kier molecular flexibility index (Phi) is 5.18. The average Bonchev–Trinajstić information content (AvgIpc) is 2.20. The van der Waals surface area contributed by atoms with E-state index in [0.29, 0.717) is 23.9 Å². The molecule has 1 rings (SSSR count). The van der Waals surface area contributed by atoms with Crippen molar-refractivity contribution < 1.29 is 9.18 Å². The van der Waals surface area contributed by atoms with Crippen LogP contribution in [0.15, 0.2) is 16.7 Å². The van der Waals surface area contributed by atoms with Crippen molar-refractivity contribution >= 4 is 27.7 Å². The van der Waals surface area contributed by atoms with Gasteiger partial charge in [-0.1, -0.05) is 0 Å². The Morgan fingerprint density at radius 1 is 1.56 bits per heavy atom. The van der Waals surface area contributed by atoms with E-state index in [4.69, 9.17) is 5.73 Å². The highest BCUT2D eigenvalue weighted by atomic mass is 79.9. The first-order valence-electron chi connectivity index (χ1n) is 4.93. The van der Waals surface area contributed by atoms with Gasteiger partial charge >= 0.3 is 0 Å². The average molecular weight is 290 g/mol. The molecule has 4 nitrogen and oxygen atoms in total. The lowest BCUT2D eigenvalue weighted by Gasteiger charge is -2.05. The van der Waals surface area contributed by atoms with E-state index in [1.54, 1.807) is 0 Å². The van der Waals surface area contributed by atoms with Gasteiger partial charge in [0.2, 0.25) is 5.91 Å². The Morgan fingerprint density at radius 3 is 2.94 bits per heavy atom. The first kappa shape index (κ1) is 12.9. The number of aromatic nitrogens is 1. The smallest absolute Gasteiger partial charge is 0.217 e. The minimum absolute atomic E-state index is 0.224. The third-order valence-corrected chi connectivity index (χ3v) is 2.38. The van der Waals surface area contributed by atoms with E-state index < -0.39 is 5.82 Å². The third-order valence-electron chi connectivity index (χ3n) is 1.95. The van der Waals surface area contributed by atoms with Gasteiger partial charge in [0.05, 0.1) is 0 Å². The third kappa shape index (κ3) is 4.57. The van der Waals surface area contributed by atoms with Crippen LogP contribution >= 0.6 is 15.9 Å². The molecule has 3 N–H and O–H groups in total. The SMILES string of the molecule is NC(=O)CCCCNc1ncc(Br)cc1F. The van der Waals surface area contributed by atoms with Crippen LogP contribution in [0.5, 0.6) is 0 Å². The Hall–Kier alpha value is -1.17. The molecule has 0 fully saturated rings. The fraction of sp³-hybridized carbons (Fsp3) is 0.400. The summed E-state index contributed by atoms with van der Waals surface area (Å²) in [5, 5.41) is 2.85. The number of rotatable bonds is 6. The van der Waals surface area contributed by atoms with Gasteiger partial charge in [-0.25, -0.2) is 9.37 Å². The van der Waals surface area contributed by atoms with Crippen molar-refractivity contribution in [1.82, 2.24) is 4.98 Å². The molecule has 0 aliphatic heterocycles. The molecule has 0 bridgehead atoms. The van der Waals surface area contributed by atoms with Gasteiger partial charge in [0.15, 0.2) is 11.6 Å². The van der Waals surface area contributed by atoms with Gasteiger partial charge in [-0.2, -0.15) is 0 Å². The van der Waals surface area contributed by atoms with Crippen molar-refractivity contribution in [3.8, 4) is 0 Å². The molecule has 0 radical (unpaired) electrons. The zero-order chi connectivity index (χ0) is 12.0. The molecule has 1 amide bonds. The monoisotopic (exact) mass is 289 g/mol. The molecular weight excluding hydrogens is 277 g/mol. The molecule has 0 unspecified atom stereocenters. The molecule has 0 aromatic carbocycles. The maximum Gasteiger partial charge on any atom is 0.217 e. The predicted octanol–water partition coefficient (Wildman–Crippen LogP) is 2.05. The lowest BCUT2D eigenvalue weighted by atomic mass is 10.2. The van der Waals surface area contributed by atoms with Crippen molar-refractivity contribution in [1.29, 1.82) is 0 Å². The van der Waals surface area contributed by atoms with Crippen molar-refractivity contribution in [3.63, 3.8) is 0 Å². The number of carbonyl (C=O) groups excluding carboxylic acids is 1. The van der Waals surface area contributed by atoms with Gasteiger partial charge < -0.3 is 11.1 Å². The van der Waals surface area contributed by atoms with Crippen molar-refractivity contribution in [2.45, 2.75) is 19.3 Å². The van der Waals surface area contributed by atoms with Crippen LogP contribution < -0.4 is 11.1 Å². The number of anilines is 1. The van der Waals surface area contributed by atoms with Crippen LogP contribution in [-0.2, 0) is 4.79 Å². The van der Waals surface area contributed by atoms with E-state index in [9.17, 15) is 9.18 Å². The second kappa shape index (κ2) is 6.42. The van der Waals surface area contributed by atoms with Crippen LogP contribution in [0.2, 0.25) is 0 Å². The molecule has 0 saturated heterocycles. The summed E-state index contributed by atoms with van der Waals surface area (Å²) in [5.74, 6) is -0.487. The fourth-order valence-corrected chi connectivity index (χ4v) is 1.48. The normalized spacial score (nSPS) is 10.1. The number of unbranched alkanes of at least 4 members (excludes halogenated alkanes) is 1. The number of hydrogen-bond acceptors (Lipinski definition) is 3. The van der Waals surface area contributed by atoms with E-state index in [-0.39, 0.29) is 11.7 Å². The highest BCUT2D eigenvalue weighted by Crippen LogP contribution is 2.15. The fourth-order valence-electron chi connectivity index (χ4n) is 1.18. The van der Waals surface area contributed by atoms with E-state index in [1.807, 2.05) is 0 Å². The van der Waals surface area contributed by atoms with Gasteiger partial charge in [0.25, 0.3) is 0 Å². The molecular formula is C10H13BrFN3O. The molecule has 0 atom stereocenters. The lowest BCUT2D eigenvalue weighted by Crippen LogP contribution is -2.11. The Bertz CT molecular complexity index is 373. The predicted molar refractivity (Wildman–Crippen MR) is 63.4 cm³/mol. The Labute approximate surface area is 102 Å².